The van der Waals surface area contributed by atoms with Gasteiger partial charge in [0.15, 0.2) is 0 Å². The molecule has 0 saturated carbocycles. The van der Waals surface area contributed by atoms with Gasteiger partial charge < -0.3 is 9.80 Å². The second kappa shape index (κ2) is 6.20. The Labute approximate surface area is 124 Å². The first-order chi connectivity index (χ1) is 9.50. The molecule has 1 aromatic heterocycles. The minimum Gasteiger partial charge on any atom is -0.340 e. The van der Waals surface area contributed by atoms with Crippen molar-refractivity contribution in [3.05, 3.63) is 41.2 Å². The zero-order valence-corrected chi connectivity index (χ0v) is 12.7. The van der Waals surface area contributed by atoms with Gasteiger partial charge in [0, 0.05) is 31.7 Å². The molecule has 20 heavy (non-hydrogen) atoms. The van der Waals surface area contributed by atoms with E-state index in [1.165, 1.54) is 0 Å². The van der Waals surface area contributed by atoms with E-state index in [4.69, 9.17) is 11.6 Å². The first kappa shape index (κ1) is 14.8. The Morgan fingerprint density at radius 3 is 2.45 bits per heavy atom. The van der Waals surface area contributed by atoms with E-state index in [-0.39, 0.29) is 5.91 Å². The third kappa shape index (κ3) is 3.08. The van der Waals surface area contributed by atoms with Crippen LogP contribution in [-0.4, -0.2) is 54.9 Å². The number of hydrogen-bond acceptors (Lipinski definition) is 3. The molecule has 1 aromatic carbocycles. The molecule has 0 spiro atoms. The third-order valence-electron chi connectivity index (χ3n) is 3.21. The van der Waals surface area contributed by atoms with Crippen LogP contribution in [0.25, 0.3) is 10.8 Å². The maximum atomic E-state index is 12.5. The lowest BCUT2D eigenvalue weighted by atomic mass is 10.1. The van der Waals surface area contributed by atoms with E-state index in [0.717, 1.165) is 17.3 Å². The number of carbonyl (C=O) groups excluding carboxylic acids is 1. The number of halogens is 1. The lowest BCUT2D eigenvalue weighted by Crippen LogP contribution is -2.33. The van der Waals surface area contributed by atoms with Gasteiger partial charge in [0.1, 0.15) is 5.15 Å². The number of rotatable bonds is 4. The highest BCUT2D eigenvalue weighted by Crippen LogP contribution is 2.24. The fraction of sp³-hybridized carbons (Fsp3) is 0.333. The summed E-state index contributed by atoms with van der Waals surface area (Å²) in [6.07, 6.45) is 1.55. The van der Waals surface area contributed by atoms with Crippen molar-refractivity contribution in [2.75, 3.05) is 34.2 Å². The van der Waals surface area contributed by atoms with Crippen molar-refractivity contribution in [2.45, 2.75) is 0 Å². The van der Waals surface area contributed by atoms with E-state index in [1.807, 2.05) is 43.3 Å². The molecule has 0 fully saturated rings. The Kier molecular flexibility index (Phi) is 4.57. The number of carbonyl (C=O) groups is 1. The Morgan fingerprint density at radius 2 is 1.80 bits per heavy atom. The molecule has 0 unspecified atom stereocenters. The number of benzene rings is 1. The van der Waals surface area contributed by atoms with E-state index in [0.29, 0.717) is 17.3 Å². The predicted octanol–water partition coefficient (Wildman–Crippen LogP) is 2.52. The molecule has 0 aliphatic heterocycles. The van der Waals surface area contributed by atoms with Gasteiger partial charge in [-0.2, -0.15) is 0 Å². The summed E-state index contributed by atoms with van der Waals surface area (Å²) < 4.78 is 0. The van der Waals surface area contributed by atoms with Crippen LogP contribution in [-0.2, 0) is 0 Å². The topological polar surface area (TPSA) is 36.4 Å². The first-order valence-corrected chi connectivity index (χ1v) is 6.82. The van der Waals surface area contributed by atoms with Crippen molar-refractivity contribution in [1.29, 1.82) is 0 Å². The molecule has 2 rings (SSSR count). The number of nitrogens with zero attached hydrogens (tertiary/aromatic N) is 3. The van der Waals surface area contributed by atoms with E-state index in [9.17, 15) is 4.79 Å². The van der Waals surface area contributed by atoms with Crippen LogP contribution in [0.1, 0.15) is 10.4 Å². The smallest absolute Gasteiger partial charge is 0.255 e. The molecule has 0 atom stereocenters. The second-order valence-corrected chi connectivity index (χ2v) is 5.40. The van der Waals surface area contributed by atoms with Gasteiger partial charge in [0.05, 0.1) is 5.56 Å². The molecule has 0 bridgehead atoms. The molecule has 4 nitrogen and oxygen atoms in total. The van der Waals surface area contributed by atoms with Crippen molar-refractivity contribution in [3.8, 4) is 0 Å². The molecule has 1 heterocycles. The number of amides is 1. The lowest BCUT2D eigenvalue weighted by Gasteiger charge is -2.20. The number of fused-ring (bicyclic) bond motifs is 1. The minimum atomic E-state index is -0.0350. The Morgan fingerprint density at radius 1 is 1.15 bits per heavy atom. The number of pyridine rings is 1. The summed E-state index contributed by atoms with van der Waals surface area (Å²) in [6, 6.07) is 7.56. The van der Waals surface area contributed by atoms with Crippen LogP contribution in [0, 0.1) is 0 Å². The first-order valence-electron chi connectivity index (χ1n) is 6.44. The van der Waals surface area contributed by atoms with E-state index >= 15 is 0 Å². The average Bonchev–Trinajstić information content (AvgIpc) is 2.44. The average molecular weight is 292 g/mol. The molecule has 2 aromatic rings. The van der Waals surface area contributed by atoms with E-state index in [1.54, 1.807) is 18.1 Å². The summed E-state index contributed by atoms with van der Waals surface area (Å²) in [5.74, 6) is -0.0350. The van der Waals surface area contributed by atoms with Crippen molar-refractivity contribution < 1.29 is 4.79 Å². The minimum absolute atomic E-state index is 0.0350. The normalized spacial score (nSPS) is 11.1. The fourth-order valence-corrected chi connectivity index (χ4v) is 2.20. The molecule has 0 aliphatic rings. The van der Waals surface area contributed by atoms with Gasteiger partial charge >= 0.3 is 0 Å². The van der Waals surface area contributed by atoms with Gasteiger partial charge in [-0.1, -0.05) is 35.9 Å². The molecule has 1 amide bonds. The highest BCUT2D eigenvalue weighted by atomic mass is 35.5. The fourth-order valence-electron chi connectivity index (χ4n) is 1.99. The van der Waals surface area contributed by atoms with Crippen LogP contribution in [0.2, 0.25) is 5.15 Å². The van der Waals surface area contributed by atoms with Gasteiger partial charge in [-0.05, 0) is 19.5 Å². The summed E-state index contributed by atoms with van der Waals surface area (Å²) in [7, 11) is 5.77. The molecule has 106 valence electrons. The Hall–Kier alpha value is -1.65. The molecular formula is C15H18ClN3O. The van der Waals surface area contributed by atoms with Gasteiger partial charge in [-0.3, -0.25) is 4.79 Å². The summed E-state index contributed by atoms with van der Waals surface area (Å²) >= 11 is 6.07. The zero-order chi connectivity index (χ0) is 14.7. The Bertz CT molecular complexity index is 628. The number of hydrogen-bond donors (Lipinski definition) is 0. The molecule has 0 aliphatic carbocycles. The van der Waals surface area contributed by atoms with Gasteiger partial charge in [-0.15, -0.1) is 0 Å². The molecule has 0 saturated heterocycles. The van der Waals surface area contributed by atoms with Crippen LogP contribution in [0.3, 0.4) is 0 Å². The van der Waals surface area contributed by atoms with Gasteiger partial charge in [0.25, 0.3) is 5.91 Å². The highest BCUT2D eigenvalue weighted by Gasteiger charge is 2.16. The van der Waals surface area contributed by atoms with Crippen LogP contribution in [0.15, 0.2) is 30.5 Å². The van der Waals surface area contributed by atoms with Crippen LogP contribution in [0.4, 0.5) is 0 Å². The number of aromatic nitrogens is 1. The number of likely N-dealkylation sites (N-methyl/N-ethyl adjacent to an activating group) is 2. The summed E-state index contributed by atoms with van der Waals surface area (Å²) in [6.45, 7) is 1.49. The monoisotopic (exact) mass is 291 g/mol. The van der Waals surface area contributed by atoms with Crippen LogP contribution in [0.5, 0.6) is 0 Å². The maximum absolute atomic E-state index is 12.5. The van der Waals surface area contributed by atoms with Crippen molar-refractivity contribution in [2.24, 2.45) is 0 Å². The molecule has 0 N–H and O–H groups in total. The quantitative estimate of drug-likeness (QED) is 0.812. The zero-order valence-electron chi connectivity index (χ0n) is 11.9. The standard InChI is InChI=1S/C15H18ClN3O/c1-18(2)8-9-19(3)15(20)13-10-17-14(16)12-7-5-4-6-11(12)13/h4-7,10H,8-9H2,1-3H3. The molecular weight excluding hydrogens is 274 g/mol. The third-order valence-corrected chi connectivity index (χ3v) is 3.51. The molecule has 0 radical (unpaired) electrons. The van der Waals surface area contributed by atoms with Crippen LogP contribution < -0.4 is 0 Å². The Balaban J connectivity index is 2.33. The van der Waals surface area contributed by atoms with E-state index < -0.39 is 0 Å². The van der Waals surface area contributed by atoms with Crippen molar-refractivity contribution in [3.63, 3.8) is 0 Å². The summed E-state index contributed by atoms with van der Waals surface area (Å²) in [4.78, 5) is 20.4. The van der Waals surface area contributed by atoms with Crippen molar-refractivity contribution in [1.82, 2.24) is 14.8 Å². The maximum Gasteiger partial charge on any atom is 0.255 e. The van der Waals surface area contributed by atoms with Gasteiger partial charge in [-0.25, -0.2) is 4.98 Å². The second-order valence-electron chi connectivity index (χ2n) is 5.04. The van der Waals surface area contributed by atoms with E-state index in [2.05, 4.69) is 4.98 Å². The summed E-state index contributed by atoms with van der Waals surface area (Å²) in [5.41, 5.74) is 0.589. The van der Waals surface area contributed by atoms with Gasteiger partial charge in [0.2, 0.25) is 0 Å². The van der Waals surface area contributed by atoms with Crippen molar-refractivity contribution >= 4 is 28.3 Å². The van der Waals surface area contributed by atoms with Crippen LogP contribution >= 0.6 is 11.6 Å². The predicted molar refractivity (Wildman–Crippen MR) is 82.3 cm³/mol. The largest absolute Gasteiger partial charge is 0.340 e. The molecule has 5 heteroatoms. The highest BCUT2D eigenvalue weighted by molar-refractivity contribution is 6.34. The SMILES string of the molecule is CN(C)CCN(C)C(=O)c1cnc(Cl)c2ccccc12. The lowest BCUT2D eigenvalue weighted by molar-refractivity contribution is 0.0788. The summed E-state index contributed by atoms with van der Waals surface area (Å²) in [5, 5.41) is 2.07.